The number of ether oxygens (including phenoxy) is 5. The second-order valence-corrected chi connectivity index (χ2v) is 6.13. The summed E-state index contributed by atoms with van der Waals surface area (Å²) in [7, 11) is 4.24. The van der Waals surface area contributed by atoms with Crippen LogP contribution < -0.4 is 30.0 Å². The summed E-state index contributed by atoms with van der Waals surface area (Å²) in [6, 6.07) is 9.91. The van der Waals surface area contributed by atoms with Crippen molar-refractivity contribution in [1.29, 1.82) is 0 Å². The molecule has 0 aromatic heterocycles. The van der Waals surface area contributed by atoms with Gasteiger partial charge in [-0.15, -0.1) is 0 Å². The number of nitrogens with two attached hydrogens (primary N) is 1. The summed E-state index contributed by atoms with van der Waals surface area (Å²) in [5, 5.41) is 2.65. The molecular weight excluding hydrogens is 408 g/mol. The molecule has 0 radical (unpaired) electrons. The summed E-state index contributed by atoms with van der Waals surface area (Å²) in [6.45, 7) is -0.671. The van der Waals surface area contributed by atoms with Gasteiger partial charge in [0.2, 0.25) is 5.75 Å². The number of carbonyl (C=O) groups is 3. The van der Waals surface area contributed by atoms with E-state index in [-0.39, 0.29) is 29.4 Å². The summed E-state index contributed by atoms with van der Waals surface area (Å²) in [6.07, 6.45) is 0. The van der Waals surface area contributed by atoms with Crippen molar-refractivity contribution < 1.29 is 38.1 Å². The first-order chi connectivity index (χ1) is 14.9. The number of esters is 1. The van der Waals surface area contributed by atoms with E-state index in [1.54, 1.807) is 6.07 Å². The molecule has 2 aromatic rings. The lowest BCUT2D eigenvalue weighted by Crippen LogP contribution is -2.28. The van der Waals surface area contributed by atoms with Crippen molar-refractivity contribution in [3.8, 4) is 23.0 Å². The fourth-order valence-corrected chi connectivity index (χ4v) is 2.59. The number of hydrogen-bond donors (Lipinski definition) is 2. The topological polar surface area (TPSA) is 135 Å². The van der Waals surface area contributed by atoms with Gasteiger partial charge >= 0.3 is 5.97 Å². The van der Waals surface area contributed by atoms with Crippen LogP contribution in [0.2, 0.25) is 0 Å². The number of primary amides is 1. The second-order valence-electron chi connectivity index (χ2n) is 6.13. The van der Waals surface area contributed by atoms with E-state index in [0.717, 1.165) is 5.56 Å². The molecule has 2 amide bonds. The predicted octanol–water partition coefficient (Wildman–Crippen LogP) is 1.05. The van der Waals surface area contributed by atoms with Gasteiger partial charge in [-0.25, -0.2) is 4.79 Å². The standard InChI is InChI=1S/C21H24N2O8/c1-27-15-7-5-4-6-13(15)10-23-19(25)12-31-21(26)14-8-16(28-2)20(17(9-14)29-3)30-11-18(22)24/h4-9H,10-12H2,1-3H3,(H2,22,24)(H,23,25). The Balaban J connectivity index is 2.01. The molecule has 0 heterocycles. The normalized spacial score (nSPS) is 10.0. The number of methoxy groups -OCH3 is 3. The Morgan fingerprint density at radius 3 is 2.10 bits per heavy atom. The highest BCUT2D eigenvalue weighted by atomic mass is 16.5. The number of para-hydroxylation sites is 1. The van der Waals surface area contributed by atoms with Crippen molar-refractivity contribution in [3.63, 3.8) is 0 Å². The van der Waals surface area contributed by atoms with Crippen molar-refractivity contribution in [3.05, 3.63) is 47.5 Å². The van der Waals surface area contributed by atoms with E-state index in [2.05, 4.69) is 5.32 Å². The third-order valence-electron chi connectivity index (χ3n) is 4.06. The molecular formula is C21H24N2O8. The van der Waals surface area contributed by atoms with Crippen LogP contribution in [0.1, 0.15) is 15.9 Å². The molecule has 2 rings (SSSR count). The first-order valence-corrected chi connectivity index (χ1v) is 9.12. The number of nitrogens with one attached hydrogen (secondary N) is 1. The zero-order chi connectivity index (χ0) is 22.8. The van der Waals surface area contributed by atoms with Gasteiger partial charge in [0.05, 0.1) is 26.9 Å². The summed E-state index contributed by atoms with van der Waals surface area (Å²) < 4.78 is 26.0. The molecule has 0 aliphatic carbocycles. The third-order valence-corrected chi connectivity index (χ3v) is 4.06. The molecule has 10 nitrogen and oxygen atoms in total. The molecule has 31 heavy (non-hydrogen) atoms. The molecule has 0 saturated carbocycles. The maximum absolute atomic E-state index is 12.4. The molecule has 0 aliphatic rings. The Morgan fingerprint density at radius 2 is 1.52 bits per heavy atom. The lowest BCUT2D eigenvalue weighted by molar-refractivity contribution is -0.124. The molecule has 0 spiro atoms. The average Bonchev–Trinajstić information content (AvgIpc) is 2.79. The van der Waals surface area contributed by atoms with Gasteiger partial charge in [0.1, 0.15) is 5.75 Å². The minimum Gasteiger partial charge on any atom is -0.496 e. The number of benzene rings is 2. The molecule has 0 atom stereocenters. The van der Waals surface area contributed by atoms with E-state index in [0.29, 0.717) is 5.75 Å². The van der Waals surface area contributed by atoms with E-state index >= 15 is 0 Å². The van der Waals surface area contributed by atoms with Crippen molar-refractivity contribution in [1.82, 2.24) is 5.32 Å². The SMILES string of the molecule is COc1ccccc1CNC(=O)COC(=O)c1cc(OC)c(OCC(N)=O)c(OC)c1. The van der Waals surface area contributed by atoms with Gasteiger partial charge < -0.3 is 34.7 Å². The zero-order valence-corrected chi connectivity index (χ0v) is 17.4. The van der Waals surface area contributed by atoms with Crippen LogP contribution in [0.4, 0.5) is 0 Å². The van der Waals surface area contributed by atoms with Gasteiger partial charge in [0, 0.05) is 12.1 Å². The number of rotatable bonds is 11. The molecule has 0 fully saturated rings. The second kappa shape index (κ2) is 11.3. The Bertz CT molecular complexity index is 920. The number of hydrogen-bond acceptors (Lipinski definition) is 8. The van der Waals surface area contributed by atoms with Crippen LogP contribution in [0.3, 0.4) is 0 Å². The number of carbonyl (C=O) groups excluding carboxylic acids is 3. The summed E-state index contributed by atoms with van der Waals surface area (Å²) in [5.74, 6) is -0.939. The monoisotopic (exact) mass is 432 g/mol. The van der Waals surface area contributed by atoms with Crippen LogP contribution in [0.5, 0.6) is 23.0 Å². The quantitative estimate of drug-likeness (QED) is 0.503. The Hall–Kier alpha value is -3.95. The Morgan fingerprint density at radius 1 is 0.903 bits per heavy atom. The van der Waals surface area contributed by atoms with Gasteiger partial charge in [0.25, 0.3) is 11.8 Å². The van der Waals surface area contributed by atoms with Crippen molar-refractivity contribution in [2.75, 3.05) is 34.5 Å². The highest BCUT2D eigenvalue weighted by Crippen LogP contribution is 2.38. The van der Waals surface area contributed by atoms with Gasteiger partial charge in [-0.1, -0.05) is 18.2 Å². The van der Waals surface area contributed by atoms with Crippen molar-refractivity contribution >= 4 is 17.8 Å². The van der Waals surface area contributed by atoms with Gasteiger partial charge in [-0.05, 0) is 18.2 Å². The molecule has 2 aromatic carbocycles. The van der Waals surface area contributed by atoms with Crippen LogP contribution in [0.25, 0.3) is 0 Å². The van der Waals surface area contributed by atoms with Crippen LogP contribution >= 0.6 is 0 Å². The van der Waals surface area contributed by atoms with Crippen molar-refractivity contribution in [2.24, 2.45) is 5.73 Å². The predicted molar refractivity (Wildman–Crippen MR) is 109 cm³/mol. The first kappa shape index (κ1) is 23.3. The molecule has 0 unspecified atom stereocenters. The first-order valence-electron chi connectivity index (χ1n) is 9.12. The molecule has 166 valence electrons. The molecule has 3 N–H and O–H groups in total. The molecule has 0 saturated heterocycles. The van der Waals surface area contributed by atoms with Crippen LogP contribution in [-0.4, -0.2) is 52.3 Å². The van der Waals surface area contributed by atoms with E-state index in [1.807, 2.05) is 18.2 Å². The zero-order valence-electron chi connectivity index (χ0n) is 17.4. The number of amides is 2. The summed E-state index contributed by atoms with van der Waals surface area (Å²) in [4.78, 5) is 35.4. The minimum atomic E-state index is -0.773. The van der Waals surface area contributed by atoms with E-state index in [4.69, 9.17) is 29.4 Å². The smallest absolute Gasteiger partial charge is 0.338 e. The van der Waals surface area contributed by atoms with E-state index in [1.165, 1.54) is 33.5 Å². The van der Waals surface area contributed by atoms with Gasteiger partial charge in [0.15, 0.2) is 24.7 Å². The lowest BCUT2D eigenvalue weighted by atomic mass is 10.2. The van der Waals surface area contributed by atoms with Crippen LogP contribution in [0.15, 0.2) is 36.4 Å². The van der Waals surface area contributed by atoms with Crippen LogP contribution in [0, 0.1) is 0 Å². The Kier molecular flexibility index (Phi) is 8.50. The average molecular weight is 432 g/mol. The van der Waals surface area contributed by atoms with E-state index in [9.17, 15) is 14.4 Å². The summed E-state index contributed by atoms with van der Waals surface area (Å²) >= 11 is 0. The fourth-order valence-electron chi connectivity index (χ4n) is 2.59. The molecule has 10 heteroatoms. The lowest BCUT2D eigenvalue weighted by Gasteiger charge is -2.15. The van der Waals surface area contributed by atoms with Gasteiger partial charge in [-0.3, -0.25) is 9.59 Å². The molecule has 0 aliphatic heterocycles. The maximum atomic E-state index is 12.4. The van der Waals surface area contributed by atoms with Gasteiger partial charge in [-0.2, -0.15) is 0 Å². The maximum Gasteiger partial charge on any atom is 0.338 e. The minimum absolute atomic E-state index is 0.0673. The summed E-state index contributed by atoms with van der Waals surface area (Å²) in [5.41, 5.74) is 5.93. The highest BCUT2D eigenvalue weighted by Gasteiger charge is 2.20. The Labute approximate surface area is 179 Å². The fraction of sp³-hybridized carbons (Fsp3) is 0.286. The van der Waals surface area contributed by atoms with Crippen LogP contribution in [-0.2, 0) is 20.9 Å². The highest BCUT2D eigenvalue weighted by molar-refractivity contribution is 5.93. The van der Waals surface area contributed by atoms with Crippen molar-refractivity contribution in [2.45, 2.75) is 6.54 Å². The molecule has 0 bridgehead atoms. The van der Waals surface area contributed by atoms with E-state index < -0.39 is 31.0 Å². The largest absolute Gasteiger partial charge is 0.496 e. The third kappa shape index (κ3) is 6.53.